The van der Waals surface area contributed by atoms with Gasteiger partial charge in [-0.3, -0.25) is 19.2 Å². The molecule has 12 nitrogen and oxygen atoms in total. The minimum atomic E-state index is -4.93. The fourth-order valence-electron chi connectivity index (χ4n) is 9.41. The van der Waals surface area contributed by atoms with Gasteiger partial charge in [-0.1, -0.05) is 78.2 Å². The summed E-state index contributed by atoms with van der Waals surface area (Å²) in [5, 5.41) is 10.9. The van der Waals surface area contributed by atoms with Crippen molar-refractivity contribution in [2.24, 2.45) is 28.6 Å². The molecule has 2 unspecified atom stereocenters. The SMILES string of the molecule is C=CCNC(=O)C(=O)C(CC1CC1)NC(=O)[C@@H]1C2[C@H](CN1C(=O)[C@@H](NC(=O)NC1(CS(=O)(=O)CC(F)(F)F)CCCCC1)C1(C)CCCCC1)C2(C)C. The van der Waals surface area contributed by atoms with Crippen LogP contribution in [0.2, 0.25) is 0 Å². The number of rotatable bonds is 15. The van der Waals surface area contributed by atoms with Crippen LogP contribution in [0.5, 0.6) is 0 Å². The van der Waals surface area contributed by atoms with E-state index in [1.54, 1.807) is 0 Å². The summed E-state index contributed by atoms with van der Waals surface area (Å²) in [6, 6.07) is -4.01. The van der Waals surface area contributed by atoms with Crippen molar-refractivity contribution in [1.29, 1.82) is 0 Å². The van der Waals surface area contributed by atoms with E-state index in [0.29, 0.717) is 32.1 Å². The minimum absolute atomic E-state index is 0.0198. The number of likely N-dealkylation sites (tertiary alicyclic amines) is 1. The van der Waals surface area contributed by atoms with E-state index in [1.165, 1.54) is 11.0 Å². The summed E-state index contributed by atoms with van der Waals surface area (Å²) >= 11 is 0. The third kappa shape index (κ3) is 9.74. The Balaban J connectivity index is 1.39. The van der Waals surface area contributed by atoms with Crippen molar-refractivity contribution in [3.63, 3.8) is 0 Å². The average molecular weight is 772 g/mol. The van der Waals surface area contributed by atoms with E-state index in [2.05, 4.69) is 27.8 Å². The first kappa shape index (κ1) is 41.0. The number of hydrogen-bond donors (Lipinski definition) is 4. The number of halogens is 3. The second-order valence-corrected chi connectivity index (χ2v) is 19.3. The molecule has 0 aromatic rings. The first-order valence-electron chi connectivity index (χ1n) is 19.1. The van der Waals surface area contributed by atoms with Gasteiger partial charge in [-0.2, -0.15) is 13.2 Å². The van der Waals surface area contributed by atoms with E-state index < -0.39 is 86.1 Å². The van der Waals surface area contributed by atoms with Crippen LogP contribution in [0.25, 0.3) is 0 Å². The minimum Gasteiger partial charge on any atom is -0.346 e. The van der Waals surface area contributed by atoms with Gasteiger partial charge in [0.2, 0.25) is 17.6 Å². The van der Waals surface area contributed by atoms with Crippen molar-refractivity contribution in [1.82, 2.24) is 26.2 Å². The number of alkyl halides is 3. The van der Waals surface area contributed by atoms with Crippen LogP contribution in [-0.2, 0) is 29.0 Å². The monoisotopic (exact) mass is 771 g/mol. The van der Waals surface area contributed by atoms with Crippen LogP contribution in [0.1, 0.15) is 104 Å². The summed E-state index contributed by atoms with van der Waals surface area (Å²) in [7, 11) is -4.63. The second kappa shape index (κ2) is 15.5. The standard InChI is InChI=1S/C37H56F3N5O7S/c1-5-18-41-31(48)28(46)25(19-23-12-13-23)42-30(47)27-26-24(34(26,2)3)20-45(27)32(49)29(35(4)14-8-6-9-15-35)43-33(50)44-36(16-10-7-11-17-36)21-53(51,52)22-37(38,39)40/h5,23-27,29H,1,6-22H2,2-4H3,(H,41,48)(H,42,47)(H2,43,44,50)/t24-,25?,26?,27-,29+/m0/s1. The number of fused-ring (bicyclic) bond motifs is 1. The largest absolute Gasteiger partial charge is 0.402 e. The van der Waals surface area contributed by atoms with Gasteiger partial charge in [0, 0.05) is 13.1 Å². The van der Waals surface area contributed by atoms with Crippen molar-refractivity contribution in [2.75, 3.05) is 24.6 Å². The van der Waals surface area contributed by atoms with Crippen LogP contribution in [0.4, 0.5) is 18.0 Å². The molecule has 0 radical (unpaired) electrons. The molecular formula is C37H56F3N5O7S. The van der Waals surface area contributed by atoms with E-state index in [0.717, 1.165) is 38.5 Å². The average Bonchev–Trinajstić information content (AvgIpc) is 3.91. The summed E-state index contributed by atoms with van der Waals surface area (Å²) in [6.45, 7) is 9.81. The molecule has 4 N–H and O–H groups in total. The molecule has 0 aromatic carbocycles. The summed E-state index contributed by atoms with van der Waals surface area (Å²) in [6.07, 6.45) is 4.41. The van der Waals surface area contributed by atoms with Gasteiger partial charge < -0.3 is 26.2 Å². The lowest BCUT2D eigenvalue weighted by molar-refractivity contribution is -0.146. The molecular weight excluding hydrogens is 715 g/mol. The molecule has 5 amide bonds. The lowest BCUT2D eigenvalue weighted by Gasteiger charge is -2.44. The Morgan fingerprint density at radius 3 is 2.09 bits per heavy atom. The van der Waals surface area contributed by atoms with E-state index in [-0.39, 0.29) is 49.1 Å². The lowest BCUT2D eigenvalue weighted by atomic mass is 9.70. The van der Waals surface area contributed by atoms with E-state index in [4.69, 9.17) is 0 Å². The van der Waals surface area contributed by atoms with Gasteiger partial charge in [-0.25, -0.2) is 13.2 Å². The van der Waals surface area contributed by atoms with Crippen LogP contribution in [-0.4, -0.2) is 97.3 Å². The highest BCUT2D eigenvalue weighted by Gasteiger charge is 2.70. The number of ketones is 1. The van der Waals surface area contributed by atoms with Crippen LogP contribution < -0.4 is 21.3 Å². The van der Waals surface area contributed by atoms with Crippen LogP contribution in [0, 0.1) is 28.6 Å². The number of Topliss-reactive ketones (excluding diaryl/α,β-unsaturated/α-hetero) is 1. The van der Waals surface area contributed by atoms with Gasteiger partial charge in [-0.05, 0) is 60.7 Å². The number of piperidine rings is 1. The lowest BCUT2D eigenvalue weighted by Crippen LogP contribution is -2.64. The van der Waals surface area contributed by atoms with Crippen LogP contribution in [0.3, 0.4) is 0 Å². The number of carbonyl (C=O) groups excluding carboxylic acids is 5. The fourth-order valence-corrected chi connectivity index (χ4v) is 11.2. The molecule has 1 saturated heterocycles. The number of urea groups is 1. The predicted molar refractivity (Wildman–Crippen MR) is 191 cm³/mol. The molecule has 5 rings (SSSR count). The smallest absolute Gasteiger partial charge is 0.346 e. The van der Waals surface area contributed by atoms with Gasteiger partial charge in [0.1, 0.15) is 17.8 Å². The molecule has 5 fully saturated rings. The number of sulfone groups is 1. The molecule has 0 bridgehead atoms. The zero-order valence-electron chi connectivity index (χ0n) is 31.1. The second-order valence-electron chi connectivity index (χ2n) is 17.2. The molecule has 298 valence electrons. The van der Waals surface area contributed by atoms with E-state index >= 15 is 0 Å². The Bertz CT molecular complexity index is 1550. The summed E-state index contributed by atoms with van der Waals surface area (Å²) < 4.78 is 65.0. The Labute approximate surface area is 310 Å². The quantitative estimate of drug-likeness (QED) is 0.144. The van der Waals surface area contributed by atoms with Crippen molar-refractivity contribution in [3.8, 4) is 0 Å². The zero-order valence-corrected chi connectivity index (χ0v) is 31.9. The fraction of sp³-hybridized carbons (Fsp3) is 0.811. The molecule has 5 atom stereocenters. The van der Waals surface area contributed by atoms with E-state index in [1.807, 2.05) is 20.8 Å². The van der Waals surface area contributed by atoms with Crippen molar-refractivity contribution >= 4 is 39.4 Å². The molecule has 16 heteroatoms. The van der Waals surface area contributed by atoms with E-state index in [9.17, 15) is 45.6 Å². The molecule has 1 heterocycles. The third-order valence-corrected chi connectivity index (χ3v) is 14.3. The highest BCUT2D eigenvalue weighted by Crippen LogP contribution is 2.65. The Morgan fingerprint density at radius 1 is 0.925 bits per heavy atom. The number of carbonyl (C=O) groups is 5. The Hall–Kier alpha value is -3.17. The predicted octanol–water partition coefficient (Wildman–Crippen LogP) is 3.94. The van der Waals surface area contributed by atoms with Crippen molar-refractivity contribution in [2.45, 2.75) is 134 Å². The molecule has 5 aliphatic rings. The summed E-state index contributed by atoms with van der Waals surface area (Å²) in [4.78, 5) is 70.3. The maximum Gasteiger partial charge on any atom is 0.402 e. The summed E-state index contributed by atoms with van der Waals surface area (Å²) in [5.74, 6) is -5.54. The van der Waals surface area contributed by atoms with Crippen LogP contribution in [0.15, 0.2) is 12.7 Å². The molecule has 53 heavy (non-hydrogen) atoms. The topological polar surface area (TPSA) is 171 Å². The Kier molecular flexibility index (Phi) is 12.0. The molecule has 4 aliphatic carbocycles. The highest BCUT2D eigenvalue weighted by atomic mass is 32.2. The number of hydrogen-bond acceptors (Lipinski definition) is 7. The summed E-state index contributed by atoms with van der Waals surface area (Å²) in [5.41, 5.74) is -2.44. The van der Waals surface area contributed by atoms with Gasteiger partial charge in [0.15, 0.2) is 9.84 Å². The molecule has 0 aromatic heterocycles. The highest BCUT2D eigenvalue weighted by molar-refractivity contribution is 7.91. The van der Waals surface area contributed by atoms with Gasteiger partial charge in [0.05, 0.1) is 17.3 Å². The van der Waals surface area contributed by atoms with Crippen molar-refractivity contribution < 1.29 is 45.6 Å². The maximum absolute atomic E-state index is 14.8. The van der Waals surface area contributed by atoms with Gasteiger partial charge in [0.25, 0.3) is 5.91 Å². The molecule has 4 saturated carbocycles. The first-order valence-corrected chi connectivity index (χ1v) is 20.9. The zero-order chi connectivity index (χ0) is 39.0. The normalized spacial score (nSPS) is 27.0. The molecule has 0 spiro atoms. The number of amides is 5. The molecule has 1 aliphatic heterocycles. The van der Waals surface area contributed by atoms with Gasteiger partial charge >= 0.3 is 12.2 Å². The van der Waals surface area contributed by atoms with Crippen LogP contribution >= 0.6 is 0 Å². The third-order valence-electron chi connectivity index (χ3n) is 12.6. The number of nitrogens with zero attached hydrogens (tertiary/aromatic N) is 1. The van der Waals surface area contributed by atoms with Gasteiger partial charge in [-0.15, -0.1) is 6.58 Å². The number of nitrogens with one attached hydrogen (secondary N) is 4. The van der Waals surface area contributed by atoms with Crippen molar-refractivity contribution in [3.05, 3.63) is 12.7 Å². The Morgan fingerprint density at radius 2 is 1.53 bits per heavy atom. The first-order chi connectivity index (χ1) is 24.7. The maximum atomic E-state index is 14.8.